The van der Waals surface area contributed by atoms with Crippen molar-refractivity contribution in [3.63, 3.8) is 0 Å². The van der Waals surface area contributed by atoms with E-state index in [0.29, 0.717) is 13.0 Å². The van der Waals surface area contributed by atoms with Crippen LogP contribution in [-0.2, 0) is 16.1 Å². The monoisotopic (exact) mass is 257 g/mol. The van der Waals surface area contributed by atoms with Gasteiger partial charge in [0.05, 0.1) is 6.10 Å². The molecule has 1 fully saturated rings. The van der Waals surface area contributed by atoms with E-state index in [0.717, 1.165) is 5.56 Å². The Morgan fingerprint density at radius 2 is 2.12 bits per heavy atom. The molecule has 0 amide bonds. The molecule has 4 nitrogen and oxygen atoms in total. The maximum absolute atomic E-state index is 11.6. The van der Waals surface area contributed by atoms with E-state index in [1.54, 1.807) is 0 Å². The van der Waals surface area contributed by atoms with Crippen LogP contribution in [0.5, 0.6) is 0 Å². The zero-order valence-electron chi connectivity index (χ0n) is 9.33. The topological polar surface area (TPSA) is 58.6 Å². The van der Waals surface area contributed by atoms with Gasteiger partial charge in [-0.3, -0.25) is 4.79 Å². The summed E-state index contributed by atoms with van der Waals surface area (Å²) in [6.07, 6.45) is -0.0197. The molecular weight excluding hydrogens is 242 g/mol. The van der Waals surface area contributed by atoms with Gasteiger partial charge >= 0.3 is 5.97 Å². The molecule has 0 saturated carbocycles. The number of nitrogens with one attached hydrogen (secondary N) is 1. The van der Waals surface area contributed by atoms with Gasteiger partial charge in [-0.05, 0) is 18.5 Å². The summed E-state index contributed by atoms with van der Waals surface area (Å²) in [6.45, 7) is 0.914. The van der Waals surface area contributed by atoms with E-state index >= 15 is 0 Å². The molecule has 0 unspecified atom stereocenters. The molecule has 1 aliphatic heterocycles. The number of carbonyl (C=O) groups is 1. The molecule has 1 aromatic rings. The van der Waals surface area contributed by atoms with Crippen LogP contribution >= 0.6 is 12.4 Å². The molecule has 0 radical (unpaired) electrons. The van der Waals surface area contributed by atoms with Crippen LogP contribution in [0.3, 0.4) is 0 Å². The summed E-state index contributed by atoms with van der Waals surface area (Å²) in [5.74, 6) is -0.381. The fourth-order valence-corrected chi connectivity index (χ4v) is 1.75. The molecule has 5 heteroatoms. The summed E-state index contributed by atoms with van der Waals surface area (Å²) < 4.78 is 5.12. The second-order valence-corrected chi connectivity index (χ2v) is 3.88. The van der Waals surface area contributed by atoms with E-state index in [1.807, 2.05) is 30.3 Å². The third kappa shape index (κ3) is 3.70. The van der Waals surface area contributed by atoms with Gasteiger partial charge in [-0.15, -0.1) is 12.4 Å². The minimum Gasteiger partial charge on any atom is -0.460 e. The lowest BCUT2D eigenvalue weighted by atomic mass is 10.2. The predicted molar refractivity (Wildman–Crippen MR) is 65.9 cm³/mol. The fraction of sp³-hybridized carbons (Fsp3) is 0.417. The average Bonchev–Trinajstić information content (AvgIpc) is 2.74. The number of rotatable bonds is 3. The van der Waals surface area contributed by atoms with Gasteiger partial charge in [-0.1, -0.05) is 30.3 Å². The number of ether oxygens (including phenoxy) is 1. The van der Waals surface area contributed by atoms with Gasteiger partial charge in [-0.25, -0.2) is 0 Å². The smallest absolute Gasteiger partial charge is 0.326 e. The number of benzene rings is 1. The second-order valence-electron chi connectivity index (χ2n) is 3.88. The van der Waals surface area contributed by atoms with Gasteiger partial charge in [0.2, 0.25) is 0 Å². The van der Waals surface area contributed by atoms with Crippen molar-refractivity contribution in [2.75, 3.05) is 6.54 Å². The minimum absolute atomic E-state index is 0. The van der Waals surface area contributed by atoms with Crippen LogP contribution < -0.4 is 5.32 Å². The lowest BCUT2D eigenvalue weighted by Gasteiger charge is -2.13. The molecule has 1 heterocycles. The molecule has 0 aliphatic carbocycles. The third-order valence-electron chi connectivity index (χ3n) is 2.67. The van der Waals surface area contributed by atoms with Crippen molar-refractivity contribution in [3.8, 4) is 0 Å². The van der Waals surface area contributed by atoms with Crippen molar-refractivity contribution in [2.24, 2.45) is 0 Å². The van der Waals surface area contributed by atoms with E-state index < -0.39 is 12.1 Å². The van der Waals surface area contributed by atoms with Crippen LogP contribution in [-0.4, -0.2) is 29.8 Å². The van der Waals surface area contributed by atoms with Crippen molar-refractivity contribution < 1.29 is 14.6 Å². The van der Waals surface area contributed by atoms with Gasteiger partial charge < -0.3 is 15.2 Å². The van der Waals surface area contributed by atoms with Crippen molar-refractivity contribution in [2.45, 2.75) is 25.2 Å². The largest absolute Gasteiger partial charge is 0.460 e. The molecule has 2 atom stereocenters. The Morgan fingerprint density at radius 3 is 2.71 bits per heavy atom. The molecule has 2 rings (SSSR count). The molecule has 94 valence electrons. The van der Waals surface area contributed by atoms with Crippen LogP contribution in [0.25, 0.3) is 0 Å². The molecule has 0 aromatic heterocycles. The van der Waals surface area contributed by atoms with Gasteiger partial charge in [0.25, 0.3) is 0 Å². The van der Waals surface area contributed by atoms with Crippen molar-refractivity contribution >= 4 is 18.4 Å². The van der Waals surface area contributed by atoms with Gasteiger partial charge in [0.1, 0.15) is 12.6 Å². The van der Waals surface area contributed by atoms with Crippen LogP contribution in [0.15, 0.2) is 30.3 Å². The summed E-state index contributed by atoms with van der Waals surface area (Å²) in [5, 5.41) is 12.4. The van der Waals surface area contributed by atoms with Crippen molar-refractivity contribution in [1.29, 1.82) is 0 Å². The van der Waals surface area contributed by atoms with Crippen molar-refractivity contribution in [3.05, 3.63) is 35.9 Å². The average molecular weight is 258 g/mol. The van der Waals surface area contributed by atoms with Gasteiger partial charge in [0.15, 0.2) is 0 Å². The van der Waals surface area contributed by atoms with Crippen LogP contribution in [0.1, 0.15) is 12.0 Å². The summed E-state index contributed by atoms with van der Waals surface area (Å²) in [5.41, 5.74) is 0.948. The third-order valence-corrected chi connectivity index (χ3v) is 2.67. The number of hydrogen-bond donors (Lipinski definition) is 2. The number of hydrogen-bond acceptors (Lipinski definition) is 4. The maximum atomic E-state index is 11.6. The highest BCUT2D eigenvalue weighted by Crippen LogP contribution is 2.09. The quantitative estimate of drug-likeness (QED) is 0.789. The molecule has 0 spiro atoms. The van der Waals surface area contributed by atoms with E-state index in [1.165, 1.54) is 0 Å². The zero-order chi connectivity index (χ0) is 11.4. The van der Waals surface area contributed by atoms with Crippen LogP contribution in [0, 0.1) is 0 Å². The summed E-state index contributed by atoms with van der Waals surface area (Å²) in [6, 6.07) is 8.92. The Hall–Kier alpha value is -1.10. The van der Waals surface area contributed by atoms with E-state index in [4.69, 9.17) is 4.74 Å². The predicted octanol–water partition coefficient (Wildman–Crippen LogP) is 0.874. The number of aliphatic hydroxyl groups is 1. The van der Waals surface area contributed by atoms with Gasteiger partial charge in [0, 0.05) is 0 Å². The lowest BCUT2D eigenvalue weighted by Crippen LogP contribution is -2.39. The van der Waals surface area contributed by atoms with Crippen molar-refractivity contribution in [1.82, 2.24) is 5.32 Å². The Balaban J connectivity index is 0.00000144. The molecule has 2 N–H and O–H groups in total. The zero-order valence-corrected chi connectivity index (χ0v) is 10.2. The number of carbonyl (C=O) groups excluding carboxylic acids is 1. The normalized spacial score (nSPS) is 22.9. The van der Waals surface area contributed by atoms with E-state index in [-0.39, 0.29) is 25.0 Å². The lowest BCUT2D eigenvalue weighted by molar-refractivity contribution is -0.149. The molecule has 17 heavy (non-hydrogen) atoms. The molecule has 1 saturated heterocycles. The summed E-state index contributed by atoms with van der Waals surface area (Å²) in [4.78, 5) is 11.6. The van der Waals surface area contributed by atoms with Gasteiger partial charge in [-0.2, -0.15) is 0 Å². The maximum Gasteiger partial charge on any atom is 0.326 e. The fourth-order valence-electron chi connectivity index (χ4n) is 1.75. The standard InChI is InChI=1S/C12H15NO3.ClH/c14-10-6-7-13-11(10)12(15)16-8-9-4-2-1-3-5-9;/h1-5,10-11,13-14H,6-8H2;1H/t10-,11-;/m0./s1. The molecular formula is C12H16ClNO3. The second kappa shape index (κ2) is 6.59. The summed E-state index contributed by atoms with van der Waals surface area (Å²) in [7, 11) is 0. The number of aliphatic hydroxyl groups excluding tert-OH is 1. The molecule has 1 aromatic carbocycles. The molecule has 0 bridgehead atoms. The highest BCUT2D eigenvalue weighted by atomic mass is 35.5. The van der Waals surface area contributed by atoms with E-state index in [9.17, 15) is 9.90 Å². The SMILES string of the molecule is Cl.O=C(OCc1ccccc1)[C@H]1NCC[C@@H]1O. The Labute approximate surface area is 106 Å². The van der Waals surface area contributed by atoms with Crippen LogP contribution in [0.2, 0.25) is 0 Å². The van der Waals surface area contributed by atoms with E-state index in [2.05, 4.69) is 5.32 Å². The first-order valence-corrected chi connectivity index (χ1v) is 5.39. The Morgan fingerprint density at radius 1 is 1.41 bits per heavy atom. The Bertz CT molecular complexity index is 358. The summed E-state index contributed by atoms with van der Waals surface area (Å²) >= 11 is 0. The number of halogens is 1. The first-order valence-electron chi connectivity index (χ1n) is 5.39. The molecule has 1 aliphatic rings. The highest BCUT2D eigenvalue weighted by molar-refractivity contribution is 5.85. The number of esters is 1. The first-order chi connectivity index (χ1) is 7.77. The highest BCUT2D eigenvalue weighted by Gasteiger charge is 2.32. The minimum atomic E-state index is -0.622. The van der Waals surface area contributed by atoms with Crippen LogP contribution in [0.4, 0.5) is 0 Å². The Kier molecular flexibility index (Phi) is 5.41. The first kappa shape index (κ1) is 14.0.